The molecule has 0 atom stereocenters. The van der Waals surface area contributed by atoms with Crippen LogP contribution in [0.5, 0.6) is 0 Å². The highest BCUT2D eigenvalue weighted by molar-refractivity contribution is 6.14. The molecule has 0 bridgehead atoms. The summed E-state index contributed by atoms with van der Waals surface area (Å²) in [6.45, 7) is 0. The Balaban J connectivity index is 1.12. The van der Waals surface area contributed by atoms with Crippen LogP contribution in [0.15, 0.2) is 229 Å². The number of fused-ring (bicyclic) bond motifs is 6. The molecule has 0 unspecified atom stereocenters. The monoisotopic (exact) mass is 727 g/mol. The van der Waals surface area contributed by atoms with Crippen molar-refractivity contribution in [2.75, 3.05) is 4.90 Å². The summed E-state index contributed by atoms with van der Waals surface area (Å²) in [4.78, 5) is 2.39. The molecule has 0 aliphatic heterocycles. The number of hydrogen-bond donors (Lipinski definition) is 0. The van der Waals surface area contributed by atoms with Gasteiger partial charge in [0.05, 0.1) is 16.5 Å². The lowest BCUT2D eigenvalue weighted by Gasteiger charge is -2.34. The lowest BCUT2D eigenvalue weighted by Crippen LogP contribution is -2.28. The molecule has 1 heterocycles. The molecule has 11 rings (SSSR count). The van der Waals surface area contributed by atoms with Gasteiger partial charge in [-0.3, -0.25) is 0 Å². The molecule has 268 valence electrons. The first kappa shape index (κ1) is 33.0. The van der Waals surface area contributed by atoms with Crippen molar-refractivity contribution < 1.29 is 4.42 Å². The van der Waals surface area contributed by atoms with Crippen LogP contribution in [0.4, 0.5) is 17.1 Å². The van der Waals surface area contributed by atoms with E-state index in [0.717, 1.165) is 44.6 Å². The first-order valence-corrected chi connectivity index (χ1v) is 19.6. The average Bonchev–Trinajstić information content (AvgIpc) is 3.82. The lowest BCUT2D eigenvalue weighted by molar-refractivity contribution is 0.669. The summed E-state index contributed by atoms with van der Waals surface area (Å²) < 4.78 is 6.57. The fourth-order valence-electron chi connectivity index (χ4n) is 9.24. The van der Waals surface area contributed by atoms with Crippen LogP contribution in [0, 0.1) is 0 Å². The highest BCUT2D eigenvalue weighted by Gasteiger charge is 2.45. The summed E-state index contributed by atoms with van der Waals surface area (Å²) in [6, 6.07) is 81.1. The predicted molar refractivity (Wildman–Crippen MR) is 237 cm³/mol. The van der Waals surface area contributed by atoms with Crippen LogP contribution in [-0.4, -0.2) is 0 Å². The Bertz CT molecular complexity index is 2990. The van der Waals surface area contributed by atoms with E-state index in [2.05, 4.69) is 229 Å². The highest BCUT2D eigenvalue weighted by atomic mass is 16.3. The number of furan rings is 1. The summed E-state index contributed by atoms with van der Waals surface area (Å²) in [6.07, 6.45) is 0. The van der Waals surface area contributed by atoms with E-state index in [0.29, 0.717) is 0 Å². The van der Waals surface area contributed by atoms with E-state index >= 15 is 0 Å². The van der Waals surface area contributed by atoms with Crippen molar-refractivity contribution in [3.8, 4) is 33.4 Å². The van der Waals surface area contributed by atoms with Gasteiger partial charge in [-0.25, -0.2) is 0 Å². The van der Waals surface area contributed by atoms with E-state index in [1.165, 1.54) is 50.1 Å². The van der Waals surface area contributed by atoms with Crippen molar-refractivity contribution in [2.45, 2.75) is 5.41 Å². The Morgan fingerprint density at radius 2 is 0.842 bits per heavy atom. The molecule has 1 aromatic heterocycles. The molecule has 0 fully saturated rings. The SMILES string of the molecule is c1ccc(-c2ccc(N(c3ccc(C4(c5ccccc5)c5ccccc5-c5ccccc54)cc3)c3cccc4oc5ccc(-c6ccccc6)cc5c34)cc2)cc1. The third-order valence-electron chi connectivity index (χ3n) is 11.8. The molecule has 10 aromatic rings. The van der Waals surface area contributed by atoms with Gasteiger partial charge in [-0.05, 0) is 104 Å². The van der Waals surface area contributed by atoms with Gasteiger partial charge in [-0.2, -0.15) is 0 Å². The van der Waals surface area contributed by atoms with E-state index in [-0.39, 0.29) is 0 Å². The molecular formula is C55H37NO. The molecule has 9 aromatic carbocycles. The molecule has 1 aliphatic rings. The number of anilines is 3. The maximum Gasteiger partial charge on any atom is 0.137 e. The molecule has 0 saturated carbocycles. The van der Waals surface area contributed by atoms with Crippen molar-refractivity contribution in [3.63, 3.8) is 0 Å². The third kappa shape index (κ3) is 5.26. The van der Waals surface area contributed by atoms with Gasteiger partial charge in [0, 0.05) is 16.8 Å². The Morgan fingerprint density at radius 1 is 0.351 bits per heavy atom. The minimum Gasteiger partial charge on any atom is -0.456 e. The lowest BCUT2D eigenvalue weighted by atomic mass is 9.68. The van der Waals surface area contributed by atoms with Crippen molar-refractivity contribution >= 4 is 39.0 Å². The number of hydrogen-bond acceptors (Lipinski definition) is 2. The second kappa shape index (κ2) is 13.4. The zero-order valence-corrected chi connectivity index (χ0v) is 31.2. The predicted octanol–water partition coefficient (Wildman–Crippen LogP) is 14.8. The topological polar surface area (TPSA) is 16.4 Å². The summed E-state index contributed by atoms with van der Waals surface area (Å²) in [5, 5.41) is 2.17. The Kier molecular flexibility index (Phi) is 7.75. The van der Waals surface area contributed by atoms with Gasteiger partial charge in [0.25, 0.3) is 0 Å². The van der Waals surface area contributed by atoms with E-state index < -0.39 is 5.41 Å². The van der Waals surface area contributed by atoms with Gasteiger partial charge in [0.15, 0.2) is 0 Å². The van der Waals surface area contributed by atoms with Crippen molar-refractivity contribution in [3.05, 3.63) is 247 Å². The van der Waals surface area contributed by atoms with Crippen molar-refractivity contribution in [2.24, 2.45) is 0 Å². The maximum atomic E-state index is 6.57. The van der Waals surface area contributed by atoms with Crippen LogP contribution >= 0.6 is 0 Å². The zero-order chi connectivity index (χ0) is 37.8. The van der Waals surface area contributed by atoms with Gasteiger partial charge in [-0.1, -0.05) is 176 Å². The fourth-order valence-corrected chi connectivity index (χ4v) is 9.24. The quantitative estimate of drug-likeness (QED) is 0.163. The summed E-state index contributed by atoms with van der Waals surface area (Å²) in [7, 11) is 0. The van der Waals surface area contributed by atoms with Gasteiger partial charge in [0.1, 0.15) is 11.2 Å². The molecule has 0 saturated heterocycles. The first-order valence-electron chi connectivity index (χ1n) is 19.6. The van der Waals surface area contributed by atoms with E-state index in [4.69, 9.17) is 4.42 Å². The number of benzene rings is 9. The Labute approximate surface area is 332 Å². The molecule has 0 N–H and O–H groups in total. The van der Waals surface area contributed by atoms with Crippen molar-refractivity contribution in [1.82, 2.24) is 0 Å². The van der Waals surface area contributed by atoms with Crippen LogP contribution in [-0.2, 0) is 5.41 Å². The second-order valence-corrected chi connectivity index (χ2v) is 14.8. The van der Waals surface area contributed by atoms with E-state index in [1.807, 2.05) is 0 Å². The second-order valence-electron chi connectivity index (χ2n) is 14.8. The highest BCUT2D eigenvalue weighted by Crippen LogP contribution is 2.56. The Hall–Kier alpha value is -7.42. The van der Waals surface area contributed by atoms with E-state index in [9.17, 15) is 0 Å². The number of rotatable bonds is 7. The van der Waals surface area contributed by atoms with Gasteiger partial charge in [0.2, 0.25) is 0 Å². The third-order valence-corrected chi connectivity index (χ3v) is 11.8. The summed E-state index contributed by atoms with van der Waals surface area (Å²) in [5.74, 6) is 0. The first-order chi connectivity index (χ1) is 28.3. The molecular weight excluding hydrogens is 691 g/mol. The number of nitrogens with zero attached hydrogens (tertiary/aromatic N) is 1. The molecule has 0 spiro atoms. The molecule has 1 aliphatic carbocycles. The van der Waals surface area contributed by atoms with Gasteiger partial charge in [-0.15, -0.1) is 0 Å². The fraction of sp³-hybridized carbons (Fsp3) is 0.0182. The van der Waals surface area contributed by atoms with Crippen molar-refractivity contribution in [1.29, 1.82) is 0 Å². The van der Waals surface area contributed by atoms with Gasteiger partial charge < -0.3 is 9.32 Å². The molecule has 2 nitrogen and oxygen atoms in total. The normalized spacial score (nSPS) is 12.7. The van der Waals surface area contributed by atoms with Gasteiger partial charge >= 0.3 is 0 Å². The Morgan fingerprint density at radius 3 is 1.47 bits per heavy atom. The minimum atomic E-state index is -0.469. The van der Waals surface area contributed by atoms with E-state index in [1.54, 1.807) is 0 Å². The maximum absolute atomic E-state index is 6.57. The van der Waals surface area contributed by atoms with Crippen LogP contribution in [0.2, 0.25) is 0 Å². The summed E-state index contributed by atoms with van der Waals surface area (Å²) >= 11 is 0. The molecule has 57 heavy (non-hydrogen) atoms. The molecule has 0 amide bonds. The largest absolute Gasteiger partial charge is 0.456 e. The summed E-state index contributed by atoms with van der Waals surface area (Å²) in [5.41, 5.74) is 16.8. The molecule has 0 radical (unpaired) electrons. The zero-order valence-electron chi connectivity index (χ0n) is 31.2. The smallest absolute Gasteiger partial charge is 0.137 e. The van der Waals surface area contributed by atoms with Crippen LogP contribution in [0.1, 0.15) is 22.3 Å². The standard InChI is InChI=1S/C55H37NO/c1-4-15-38(16-5-1)40-27-32-44(33-28-40)56(51-25-14-26-53-54(51)48-37-41(29-36-52(48)57-53)39-17-6-2-7-18-39)45-34-30-43(31-35-45)55(42-19-8-3-9-20-42)49-23-12-10-21-46(49)47-22-11-13-24-50(47)55/h1-37H. The molecule has 2 heteroatoms. The average molecular weight is 728 g/mol. The van der Waals surface area contributed by atoms with Crippen LogP contribution in [0.25, 0.3) is 55.3 Å². The van der Waals surface area contributed by atoms with Crippen LogP contribution < -0.4 is 4.90 Å². The minimum absolute atomic E-state index is 0.469. The van der Waals surface area contributed by atoms with Crippen LogP contribution in [0.3, 0.4) is 0 Å².